The van der Waals surface area contributed by atoms with Gasteiger partial charge in [0.05, 0.1) is 11.2 Å². The molecule has 0 bridgehead atoms. The number of nitrogens with zero attached hydrogens (tertiary/aromatic N) is 3. The Morgan fingerprint density at radius 2 is 1.96 bits per heavy atom. The number of anilines is 1. The average Bonchev–Trinajstić information content (AvgIpc) is 3.25. The standard InChI is InChI=1S/C17H17N3O2S2/c1-12-18-10-16(23-12)17-19-15(11-22-17)13-2-4-14(5-3-13)20-6-8-24(21)9-7-20/h2-5,10-11H,6-9H2,1H3. The highest BCUT2D eigenvalue weighted by Gasteiger charge is 2.16. The molecule has 3 aromatic rings. The van der Waals surface area contributed by atoms with Gasteiger partial charge in [0.15, 0.2) is 0 Å². The van der Waals surface area contributed by atoms with Gasteiger partial charge in [-0.15, -0.1) is 11.3 Å². The van der Waals surface area contributed by atoms with Crippen LogP contribution in [-0.4, -0.2) is 38.8 Å². The van der Waals surface area contributed by atoms with E-state index in [4.69, 9.17) is 4.42 Å². The fourth-order valence-electron chi connectivity index (χ4n) is 2.72. The lowest BCUT2D eigenvalue weighted by Gasteiger charge is -2.28. The molecule has 3 heterocycles. The molecule has 0 unspecified atom stereocenters. The lowest BCUT2D eigenvalue weighted by Crippen LogP contribution is -2.37. The van der Waals surface area contributed by atoms with E-state index < -0.39 is 10.8 Å². The second kappa shape index (κ2) is 6.49. The fraction of sp³-hybridized carbons (Fsp3) is 0.294. The van der Waals surface area contributed by atoms with Crippen molar-refractivity contribution in [2.75, 3.05) is 29.5 Å². The lowest BCUT2D eigenvalue weighted by atomic mass is 10.1. The number of thiazole rings is 1. The number of aromatic nitrogens is 2. The van der Waals surface area contributed by atoms with Crippen molar-refractivity contribution in [3.63, 3.8) is 0 Å². The van der Waals surface area contributed by atoms with Crippen LogP contribution in [0.5, 0.6) is 0 Å². The Hall–Kier alpha value is -1.99. The van der Waals surface area contributed by atoms with Crippen LogP contribution >= 0.6 is 11.3 Å². The van der Waals surface area contributed by atoms with Gasteiger partial charge in [0.25, 0.3) is 0 Å². The van der Waals surface area contributed by atoms with Gasteiger partial charge < -0.3 is 9.32 Å². The van der Waals surface area contributed by atoms with Crippen LogP contribution in [0.25, 0.3) is 22.0 Å². The van der Waals surface area contributed by atoms with Crippen molar-refractivity contribution < 1.29 is 8.63 Å². The van der Waals surface area contributed by atoms with Crippen molar-refractivity contribution in [3.8, 4) is 22.0 Å². The van der Waals surface area contributed by atoms with Crippen molar-refractivity contribution in [2.24, 2.45) is 0 Å². The first-order valence-electron chi connectivity index (χ1n) is 7.78. The van der Waals surface area contributed by atoms with Crippen molar-refractivity contribution >= 4 is 27.8 Å². The average molecular weight is 359 g/mol. The van der Waals surface area contributed by atoms with Crippen LogP contribution in [0.1, 0.15) is 5.01 Å². The summed E-state index contributed by atoms with van der Waals surface area (Å²) in [5.74, 6) is 2.11. The molecule has 2 aromatic heterocycles. The largest absolute Gasteiger partial charge is 0.443 e. The normalized spacial score (nSPS) is 15.8. The molecule has 1 saturated heterocycles. The van der Waals surface area contributed by atoms with Gasteiger partial charge in [0.1, 0.15) is 16.8 Å². The first kappa shape index (κ1) is 15.5. The van der Waals surface area contributed by atoms with Gasteiger partial charge in [-0.1, -0.05) is 12.1 Å². The summed E-state index contributed by atoms with van der Waals surface area (Å²) < 4.78 is 17.1. The summed E-state index contributed by atoms with van der Waals surface area (Å²) in [5.41, 5.74) is 3.01. The zero-order valence-corrected chi connectivity index (χ0v) is 14.9. The quantitative estimate of drug-likeness (QED) is 0.718. The van der Waals surface area contributed by atoms with Crippen LogP contribution < -0.4 is 4.90 Å². The Morgan fingerprint density at radius 3 is 2.62 bits per heavy atom. The van der Waals surface area contributed by atoms with E-state index in [-0.39, 0.29) is 0 Å². The van der Waals surface area contributed by atoms with Crippen LogP contribution in [0.15, 0.2) is 41.1 Å². The van der Waals surface area contributed by atoms with Gasteiger partial charge in [-0.05, 0) is 19.1 Å². The zero-order chi connectivity index (χ0) is 16.5. The summed E-state index contributed by atoms with van der Waals surface area (Å²) in [6.45, 7) is 3.67. The summed E-state index contributed by atoms with van der Waals surface area (Å²) in [4.78, 5) is 12.0. The van der Waals surface area contributed by atoms with Crippen molar-refractivity contribution in [3.05, 3.63) is 41.7 Å². The van der Waals surface area contributed by atoms with Gasteiger partial charge in [-0.25, -0.2) is 9.97 Å². The Balaban J connectivity index is 1.53. The summed E-state index contributed by atoms with van der Waals surface area (Å²) in [5, 5.41) is 0.997. The molecule has 5 nitrogen and oxygen atoms in total. The minimum atomic E-state index is -0.651. The van der Waals surface area contributed by atoms with Crippen LogP contribution in [0.3, 0.4) is 0 Å². The van der Waals surface area contributed by atoms with E-state index in [0.29, 0.717) is 5.89 Å². The SMILES string of the molecule is Cc1ncc(-c2nc(-c3ccc(N4CCS(=O)CC4)cc3)co2)s1. The summed E-state index contributed by atoms with van der Waals surface area (Å²) in [6.07, 6.45) is 3.47. The molecule has 4 rings (SSSR count). The predicted octanol–water partition coefficient (Wildman–Crippen LogP) is 3.34. The van der Waals surface area contributed by atoms with Crippen LogP contribution in [-0.2, 0) is 10.8 Å². The molecule has 1 aromatic carbocycles. The number of rotatable bonds is 3. The molecule has 1 aliphatic rings. The van der Waals surface area contributed by atoms with Gasteiger partial charge in [0.2, 0.25) is 5.89 Å². The van der Waals surface area contributed by atoms with E-state index in [2.05, 4.69) is 39.1 Å². The third-order valence-corrected chi connectivity index (χ3v) is 6.22. The van der Waals surface area contributed by atoms with Gasteiger partial charge in [-0.3, -0.25) is 4.21 Å². The van der Waals surface area contributed by atoms with Crippen molar-refractivity contribution in [1.82, 2.24) is 9.97 Å². The number of hydrogen-bond donors (Lipinski definition) is 0. The molecule has 0 N–H and O–H groups in total. The van der Waals surface area contributed by atoms with Crippen LogP contribution in [0.4, 0.5) is 5.69 Å². The molecule has 24 heavy (non-hydrogen) atoms. The topological polar surface area (TPSA) is 59.2 Å². The molecule has 0 atom stereocenters. The number of benzene rings is 1. The third kappa shape index (κ3) is 3.14. The maximum atomic E-state index is 11.5. The molecule has 0 aliphatic carbocycles. The highest BCUT2D eigenvalue weighted by Crippen LogP contribution is 2.29. The Labute approximate surface area is 146 Å². The lowest BCUT2D eigenvalue weighted by molar-refractivity contribution is 0.576. The summed E-state index contributed by atoms with van der Waals surface area (Å²) in [6, 6.07) is 8.30. The molecule has 0 saturated carbocycles. The third-order valence-electron chi connectivity index (χ3n) is 4.04. The van der Waals surface area contributed by atoms with E-state index in [9.17, 15) is 4.21 Å². The van der Waals surface area contributed by atoms with Crippen molar-refractivity contribution in [1.29, 1.82) is 0 Å². The highest BCUT2D eigenvalue weighted by atomic mass is 32.2. The van der Waals surface area contributed by atoms with Crippen LogP contribution in [0, 0.1) is 6.92 Å². The van der Waals surface area contributed by atoms with E-state index >= 15 is 0 Å². The number of oxazole rings is 1. The Bertz CT molecular complexity index is 860. The van der Waals surface area contributed by atoms with Crippen molar-refractivity contribution in [2.45, 2.75) is 6.92 Å². The van der Waals surface area contributed by atoms with E-state index in [1.165, 1.54) is 0 Å². The Kier molecular flexibility index (Phi) is 4.20. The van der Waals surface area contributed by atoms with Gasteiger partial charge >= 0.3 is 0 Å². The molecule has 124 valence electrons. The van der Waals surface area contributed by atoms with Gasteiger partial charge in [0, 0.05) is 46.6 Å². The predicted molar refractivity (Wildman–Crippen MR) is 97.9 cm³/mol. The molecule has 0 spiro atoms. The molecule has 0 radical (unpaired) electrons. The molecular formula is C17H17N3O2S2. The maximum absolute atomic E-state index is 11.5. The van der Waals surface area contributed by atoms with Crippen LogP contribution in [0.2, 0.25) is 0 Å². The minimum Gasteiger partial charge on any atom is -0.443 e. The molecule has 1 aliphatic heterocycles. The molecular weight excluding hydrogens is 342 g/mol. The van der Waals surface area contributed by atoms with E-state index in [1.807, 2.05) is 6.92 Å². The second-order valence-electron chi connectivity index (χ2n) is 5.66. The zero-order valence-electron chi connectivity index (χ0n) is 13.3. The Morgan fingerprint density at radius 1 is 1.21 bits per heavy atom. The first-order valence-corrected chi connectivity index (χ1v) is 10.1. The number of aryl methyl sites for hydroxylation is 1. The molecule has 0 amide bonds. The minimum absolute atomic E-state index is 0.609. The maximum Gasteiger partial charge on any atom is 0.238 e. The van der Waals surface area contributed by atoms with E-state index in [1.54, 1.807) is 23.8 Å². The van der Waals surface area contributed by atoms with Gasteiger partial charge in [-0.2, -0.15) is 0 Å². The van der Waals surface area contributed by atoms with E-state index in [0.717, 1.165) is 51.4 Å². The summed E-state index contributed by atoms with van der Waals surface area (Å²) >= 11 is 1.57. The monoisotopic (exact) mass is 359 g/mol. The first-order chi connectivity index (χ1) is 11.7. The molecule has 1 fully saturated rings. The smallest absolute Gasteiger partial charge is 0.238 e. The number of hydrogen-bond acceptors (Lipinski definition) is 6. The highest BCUT2D eigenvalue weighted by molar-refractivity contribution is 7.85. The molecule has 7 heteroatoms. The summed E-state index contributed by atoms with van der Waals surface area (Å²) in [7, 11) is -0.651. The fourth-order valence-corrected chi connectivity index (χ4v) is 4.48. The second-order valence-corrected chi connectivity index (χ2v) is 8.59.